The Morgan fingerprint density at radius 3 is 1.81 bits per heavy atom. The van der Waals surface area contributed by atoms with E-state index in [9.17, 15) is 29.8 Å². The molecule has 12 nitrogen and oxygen atoms in total. The first-order valence-electron chi connectivity index (χ1n) is 8.90. The predicted octanol–water partition coefficient (Wildman–Crippen LogP) is 1.79. The zero-order valence-electron chi connectivity index (χ0n) is 17.2. The van der Waals surface area contributed by atoms with Crippen molar-refractivity contribution in [1.82, 2.24) is 0 Å². The molecular weight excluding hydrogens is 486 g/mol. The molecule has 0 aliphatic rings. The summed E-state index contributed by atoms with van der Waals surface area (Å²) in [6.07, 6.45) is 0. The monoisotopic (exact) mass is 509 g/mol. The molecule has 0 aliphatic carbocycles. The zero-order chi connectivity index (χ0) is 24.3. The Balaban J connectivity index is 2.31. The second-order valence-electron chi connectivity index (χ2n) is 6.64. The van der Waals surface area contributed by atoms with Crippen LogP contribution < -0.4 is 20.1 Å². The summed E-state index contributed by atoms with van der Waals surface area (Å²) in [6.45, 7) is 2.39. The van der Waals surface area contributed by atoms with Crippen molar-refractivity contribution < 1.29 is 39.1 Å². The van der Waals surface area contributed by atoms with E-state index in [0.717, 1.165) is 0 Å². The van der Waals surface area contributed by atoms with Crippen LogP contribution >= 0.6 is 0 Å². The number of nitrogens with one attached hydrogen (secondary N) is 3. The van der Waals surface area contributed by atoms with Crippen molar-refractivity contribution in [2.75, 3.05) is 22.5 Å². The van der Waals surface area contributed by atoms with Crippen molar-refractivity contribution in [2.45, 2.75) is 29.5 Å². The van der Waals surface area contributed by atoms with Crippen LogP contribution in [-0.2, 0) is 30.3 Å². The maximum absolute atomic E-state index is 12.8. The van der Waals surface area contributed by atoms with Crippen molar-refractivity contribution in [3.63, 3.8) is 0 Å². The topological polar surface area (TPSA) is 188 Å². The van der Waals surface area contributed by atoms with E-state index in [4.69, 9.17) is 9.29 Å². The van der Waals surface area contributed by atoms with E-state index in [1.807, 2.05) is 0 Å². The molecule has 2 rings (SSSR count). The van der Waals surface area contributed by atoms with E-state index in [0.29, 0.717) is 5.75 Å². The second-order valence-corrected chi connectivity index (χ2v) is 11.8. The summed E-state index contributed by atoms with van der Waals surface area (Å²) in [5.41, 5.74) is 0.282. The minimum absolute atomic E-state index is 0.0107. The zero-order valence-corrected chi connectivity index (χ0v) is 19.6. The van der Waals surface area contributed by atoms with Gasteiger partial charge in [-0.25, -0.2) is 8.42 Å². The molecule has 0 amide bonds. The summed E-state index contributed by atoms with van der Waals surface area (Å²) in [6, 6.07) is 9.18. The van der Waals surface area contributed by atoms with Crippen molar-refractivity contribution in [3.8, 4) is 5.75 Å². The molecule has 0 saturated heterocycles. The lowest BCUT2D eigenvalue weighted by molar-refractivity contribution is 0.415. The first kappa shape index (κ1) is 25.7. The highest BCUT2D eigenvalue weighted by Crippen LogP contribution is 2.30. The van der Waals surface area contributed by atoms with Crippen LogP contribution in [0, 0.1) is 0 Å². The smallest absolute Gasteiger partial charge is 0.285 e. The second kappa shape index (κ2) is 9.50. The molecule has 2 atom stereocenters. The summed E-state index contributed by atoms with van der Waals surface area (Å²) in [4.78, 5) is -0.174. The SMILES string of the molecule is COc1ccc(NS(=O)(=O)c2ccc(NC(C)S(=O)(=O)O)cc2)c(NC(C)S(=O)(=O)O)c1. The fourth-order valence-electron chi connectivity index (χ4n) is 2.40. The van der Waals surface area contributed by atoms with Gasteiger partial charge in [0.05, 0.1) is 23.4 Å². The van der Waals surface area contributed by atoms with Gasteiger partial charge in [0.15, 0.2) is 10.7 Å². The highest BCUT2D eigenvalue weighted by atomic mass is 32.2. The Morgan fingerprint density at radius 1 is 0.781 bits per heavy atom. The van der Waals surface area contributed by atoms with E-state index in [1.54, 1.807) is 0 Å². The molecule has 2 unspecified atom stereocenters. The first-order chi connectivity index (χ1) is 14.6. The lowest BCUT2D eigenvalue weighted by atomic mass is 10.2. The molecule has 0 saturated carbocycles. The van der Waals surface area contributed by atoms with E-state index >= 15 is 0 Å². The van der Waals surface area contributed by atoms with E-state index < -0.39 is 41.0 Å². The minimum Gasteiger partial charge on any atom is -0.497 e. The van der Waals surface area contributed by atoms with Gasteiger partial charge in [0.25, 0.3) is 30.3 Å². The van der Waals surface area contributed by atoms with Crippen LogP contribution in [0.3, 0.4) is 0 Å². The fraction of sp³-hybridized carbons (Fsp3) is 0.294. The van der Waals surface area contributed by atoms with Crippen molar-refractivity contribution in [3.05, 3.63) is 42.5 Å². The maximum Gasteiger partial charge on any atom is 0.285 e. The van der Waals surface area contributed by atoms with Gasteiger partial charge >= 0.3 is 0 Å². The molecule has 2 aromatic rings. The maximum atomic E-state index is 12.8. The van der Waals surface area contributed by atoms with Gasteiger partial charge in [-0.15, -0.1) is 0 Å². The van der Waals surface area contributed by atoms with E-state index in [1.165, 1.54) is 63.4 Å². The van der Waals surface area contributed by atoms with Gasteiger partial charge in [0, 0.05) is 11.8 Å². The molecule has 178 valence electrons. The third kappa shape index (κ3) is 6.70. The third-order valence-electron chi connectivity index (χ3n) is 4.26. The Bertz CT molecular complexity index is 1280. The van der Waals surface area contributed by atoms with Crippen LogP contribution in [0.25, 0.3) is 0 Å². The van der Waals surface area contributed by atoms with Crippen molar-refractivity contribution in [2.24, 2.45) is 0 Å². The summed E-state index contributed by atoms with van der Waals surface area (Å²) in [5.74, 6) is 0.307. The van der Waals surface area contributed by atoms with Gasteiger partial charge in [-0.05, 0) is 50.2 Å². The van der Waals surface area contributed by atoms with Crippen LogP contribution in [0.4, 0.5) is 17.1 Å². The Labute approximate surface area is 186 Å². The Morgan fingerprint density at radius 2 is 1.31 bits per heavy atom. The molecule has 0 bridgehead atoms. The number of hydrogen-bond donors (Lipinski definition) is 5. The van der Waals surface area contributed by atoms with E-state index in [2.05, 4.69) is 15.4 Å². The molecular formula is C17H23N3O9S3. The lowest BCUT2D eigenvalue weighted by Crippen LogP contribution is -2.26. The lowest BCUT2D eigenvalue weighted by Gasteiger charge is -2.18. The van der Waals surface area contributed by atoms with Crippen LogP contribution in [0.15, 0.2) is 47.4 Å². The number of rotatable bonds is 10. The quantitative estimate of drug-likeness (QED) is 0.294. The van der Waals surface area contributed by atoms with Crippen LogP contribution in [0.5, 0.6) is 5.75 Å². The molecule has 0 fully saturated rings. The summed E-state index contributed by atoms with van der Waals surface area (Å²) in [7, 11) is -11.6. The van der Waals surface area contributed by atoms with Gasteiger partial charge in [-0.2, -0.15) is 16.8 Å². The predicted molar refractivity (Wildman–Crippen MR) is 120 cm³/mol. The molecule has 15 heteroatoms. The minimum atomic E-state index is -4.46. The number of sulfonamides is 1. The van der Waals surface area contributed by atoms with Crippen molar-refractivity contribution >= 4 is 47.3 Å². The standard InChI is InChI=1S/C17H23N3O9S3/c1-11(31(23,24)25)18-13-4-7-15(8-5-13)30(21,22)20-16-9-6-14(29-3)10-17(16)19-12(2)32(26,27)28/h4-12,18-20H,1-3H3,(H,23,24,25)(H,26,27,28). The van der Waals surface area contributed by atoms with Crippen LogP contribution in [0.1, 0.15) is 13.8 Å². The highest BCUT2D eigenvalue weighted by molar-refractivity contribution is 7.92. The summed E-state index contributed by atoms with van der Waals surface area (Å²) in [5, 5.41) is 2.28. The number of ether oxygens (including phenoxy) is 1. The molecule has 0 radical (unpaired) electrons. The molecule has 5 N–H and O–H groups in total. The summed E-state index contributed by atoms with van der Waals surface area (Å²) >= 11 is 0. The average Bonchev–Trinajstić information content (AvgIpc) is 2.68. The van der Waals surface area contributed by atoms with Crippen LogP contribution in [-0.4, -0.2) is 52.2 Å². The Kier molecular flexibility index (Phi) is 7.62. The Hall–Kier alpha value is -2.59. The summed E-state index contributed by atoms with van der Waals surface area (Å²) < 4.78 is 96.0. The molecule has 2 aromatic carbocycles. The van der Waals surface area contributed by atoms with Gasteiger partial charge in [-0.1, -0.05) is 0 Å². The number of methoxy groups -OCH3 is 1. The first-order valence-corrected chi connectivity index (χ1v) is 13.4. The van der Waals surface area contributed by atoms with Gasteiger partial charge in [-0.3, -0.25) is 13.8 Å². The molecule has 0 aromatic heterocycles. The molecule has 32 heavy (non-hydrogen) atoms. The van der Waals surface area contributed by atoms with Crippen LogP contribution in [0.2, 0.25) is 0 Å². The van der Waals surface area contributed by atoms with E-state index in [-0.39, 0.29) is 22.0 Å². The average molecular weight is 510 g/mol. The number of hydrogen-bond acceptors (Lipinski definition) is 9. The van der Waals surface area contributed by atoms with Crippen molar-refractivity contribution in [1.29, 1.82) is 0 Å². The van der Waals surface area contributed by atoms with Gasteiger partial charge in [0.1, 0.15) is 5.75 Å². The molecule has 0 heterocycles. The normalized spacial score (nSPS) is 14.3. The highest BCUT2D eigenvalue weighted by Gasteiger charge is 2.22. The van der Waals surface area contributed by atoms with Gasteiger partial charge < -0.3 is 15.4 Å². The van der Waals surface area contributed by atoms with Gasteiger partial charge in [0.2, 0.25) is 0 Å². The third-order valence-corrected chi connectivity index (χ3v) is 7.66. The molecule has 0 aliphatic heterocycles. The number of anilines is 3. The fourth-order valence-corrected chi connectivity index (χ4v) is 4.04. The number of benzene rings is 2. The largest absolute Gasteiger partial charge is 0.497 e. The molecule has 0 spiro atoms.